The predicted molar refractivity (Wildman–Crippen MR) is 97.1 cm³/mol. The van der Waals surface area contributed by atoms with Gasteiger partial charge in [0.1, 0.15) is 29.5 Å². The summed E-state index contributed by atoms with van der Waals surface area (Å²) < 4.78 is 40.5. The van der Waals surface area contributed by atoms with Crippen molar-refractivity contribution < 1.29 is 27.6 Å². The number of hydrogen-bond donors (Lipinski definition) is 2. The van der Waals surface area contributed by atoms with Crippen molar-refractivity contribution in [2.24, 2.45) is 0 Å². The van der Waals surface area contributed by atoms with E-state index in [9.17, 15) is 27.6 Å². The van der Waals surface area contributed by atoms with Crippen LogP contribution >= 0.6 is 0 Å². The van der Waals surface area contributed by atoms with E-state index >= 15 is 0 Å². The highest BCUT2D eigenvalue weighted by Gasteiger charge is 2.50. The molecule has 2 aromatic carbocycles. The summed E-state index contributed by atoms with van der Waals surface area (Å²) in [6.07, 6.45) is 0.429. The van der Waals surface area contributed by atoms with Gasteiger partial charge in [-0.05, 0) is 49.2 Å². The Morgan fingerprint density at radius 2 is 1.72 bits per heavy atom. The van der Waals surface area contributed by atoms with E-state index in [2.05, 4.69) is 10.6 Å². The first kappa shape index (κ1) is 20.4. The van der Waals surface area contributed by atoms with Gasteiger partial charge >= 0.3 is 6.03 Å². The molecule has 0 spiro atoms. The smallest absolute Gasteiger partial charge is 0.325 e. The van der Waals surface area contributed by atoms with Crippen LogP contribution < -0.4 is 10.6 Å². The lowest BCUT2D eigenvalue weighted by Crippen LogP contribution is -2.44. The van der Waals surface area contributed by atoms with Gasteiger partial charge in [0.15, 0.2) is 0 Å². The van der Waals surface area contributed by atoms with Gasteiger partial charge in [-0.15, -0.1) is 0 Å². The molecular weight excluding hydrogens is 387 g/mol. The fourth-order valence-electron chi connectivity index (χ4n) is 3.10. The number of hydrogen-bond acceptors (Lipinski definition) is 3. The van der Waals surface area contributed by atoms with Crippen LogP contribution in [0.15, 0.2) is 42.5 Å². The Morgan fingerprint density at radius 1 is 1.07 bits per heavy atom. The molecule has 1 atom stereocenters. The third kappa shape index (κ3) is 4.23. The van der Waals surface area contributed by atoms with Crippen LogP contribution in [0.1, 0.15) is 18.1 Å². The maximum atomic E-state index is 14.1. The van der Waals surface area contributed by atoms with Crippen molar-refractivity contribution in [1.29, 1.82) is 0 Å². The van der Waals surface area contributed by atoms with Gasteiger partial charge < -0.3 is 10.6 Å². The summed E-state index contributed by atoms with van der Waals surface area (Å²) in [5.41, 5.74) is -1.34. The SMILES string of the molecule is C[C@@]1(c2cc(F)ccc2F)NC(=O)N(CC(=O)NCCc2ccc(F)cc2)C1=O. The minimum absolute atomic E-state index is 0.212. The Morgan fingerprint density at radius 3 is 2.41 bits per heavy atom. The summed E-state index contributed by atoms with van der Waals surface area (Å²) in [4.78, 5) is 37.7. The largest absolute Gasteiger partial charge is 0.354 e. The lowest BCUT2D eigenvalue weighted by Gasteiger charge is -2.22. The Bertz CT molecular complexity index is 965. The first-order valence-corrected chi connectivity index (χ1v) is 8.81. The zero-order valence-electron chi connectivity index (χ0n) is 15.5. The summed E-state index contributed by atoms with van der Waals surface area (Å²) in [7, 11) is 0. The summed E-state index contributed by atoms with van der Waals surface area (Å²) in [6, 6.07) is 7.48. The van der Waals surface area contributed by atoms with Crippen LogP contribution in [0.5, 0.6) is 0 Å². The first-order chi connectivity index (χ1) is 13.7. The maximum Gasteiger partial charge on any atom is 0.325 e. The highest BCUT2D eigenvalue weighted by Crippen LogP contribution is 2.31. The van der Waals surface area contributed by atoms with E-state index in [4.69, 9.17) is 0 Å². The van der Waals surface area contributed by atoms with E-state index in [1.807, 2.05) is 0 Å². The van der Waals surface area contributed by atoms with E-state index < -0.39 is 41.6 Å². The summed E-state index contributed by atoms with van der Waals surface area (Å²) in [6.45, 7) is 0.891. The standard InChI is InChI=1S/C20H18F3N3O3/c1-20(15-10-14(22)6-7-16(15)23)18(28)26(19(29)25-20)11-17(27)24-9-8-12-2-4-13(21)5-3-12/h2-7,10H,8-9,11H2,1H3,(H,24,27)(H,25,29)/t20-/m0/s1. The fourth-order valence-corrected chi connectivity index (χ4v) is 3.10. The van der Waals surface area contributed by atoms with Crippen LogP contribution in [0.25, 0.3) is 0 Å². The van der Waals surface area contributed by atoms with Gasteiger partial charge in [-0.2, -0.15) is 0 Å². The molecule has 152 valence electrons. The van der Waals surface area contributed by atoms with Gasteiger partial charge in [-0.3, -0.25) is 14.5 Å². The van der Waals surface area contributed by atoms with E-state index in [0.717, 1.165) is 23.8 Å². The number of imide groups is 1. The second kappa shape index (κ2) is 7.94. The Labute approximate surface area is 164 Å². The van der Waals surface area contributed by atoms with E-state index in [1.165, 1.54) is 19.1 Å². The molecule has 0 aromatic heterocycles. The average Bonchev–Trinajstić information content (AvgIpc) is 2.89. The highest BCUT2D eigenvalue weighted by atomic mass is 19.1. The molecule has 1 heterocycles. The number of rotatable bonds is 6. The third-order valence-corrected chi connectivity index (χ3v) is 4.69. The Hall–Kier alpha value is -3.36. The molecule has 2 N–H and O–H groups in total. The van der Waals surface area contributed by atoms with Crippen molar-refractivity contribution in [1.82, 2.24) is 15.5 Å². The molecule has 1 saturated heterocycles. The van der Waals surface area contributed by atoms with Gasteiger partial charge in [0.05, 0.1) is 0 Å². The molecule has 1 aliphatic heterocycles. The zero-order chi connectivity index (χ0) is 21.2. The van der Waals surface area contributed by atoms with E-state index in [1.54, 1.807) is 12.1 Å². The molecule has 1 fully saturated rings. The van der Waals surface area contributed by atoms with Crippen molar-refractivity contribution in [2.45, 2.75) is 18.9 Å². The minimum Gasteiger partial charge on any atom is -0.354 e. The number of carbonyl (C=O) groups is 3. The third-order valence-electron chi connectivity index (χ3n) is 4.69. The molecule has 6 nitrogen and oxygen atoms in total. The molecule has 0 saturated carbocycles. The lowest BCUT2D eigenvalue weighted by molar-refractivity contribution is -0.134. The van der Waals surface area contributed by atoms with Crippen molar-refractivity contribution >= 4 is 17.8 Å². The monoisotopic (exact) mass is 405 g/mol. The number of nitrogens with one attached hydrogen (secondary N) is 2. The number of urea groups is 1. The molecule has 4 amide bonds. The van der Waals surface area contributed by atoms with Crippen LogP contribution in [0.2, 0.25) is 0 Å². The topological polar surface area (TPSA) is 78.5 Å². The summed E-state index contributed by atoms with van der Waals surface area (Å²) >= 11 is 0. The molecule has 1 aliphatic rings. The molecule has 2 aromatic rings. The maximum absolute atomic E-state index is 14.1. The average molecular weight is 405 g/mol. The van der Waals surface area contributed by atoms with Crippen molar-refractivity contribution in [3.05, 3.63) is 71.0 Å². The van der Waals surface area contributed by atoms with Gasteiger partial charge in [0.2, 0.25) is 5.91 Å². The van der Waals surface area contributed by atoms with Crippen LogP contribution in [0, 0.1) is 17.5 Å². The summed E-state index contributed by atoms with van der Waals surface area (Å²) in [5.74, 6) is -3.44. The van der Waals surface area contributed by atoms with Gasteiger partial charge in [-0.1, -0.05) is 12.1 Å². The highest BCUT2D eigenvalue weighted by molar-refractivity contribution is 6.09. The Balaban J connectivity index is 1.63. The lowest BCUT2D eigenvalue weighted by atomic mass is 9.91. The van der Waals surface area contributed by atoms with Crippen LogP contribution in [-0.4, -0.2) is 35.8 Å². The molecule has 3 rings (SSSR count). The molecular formula is C20H18F3N3O3. The van der Waals surface area contributed by atoms with E-state index in [-0.39, 0.29) is 17.9 Å². The minimum atomic E-state index is -1.82. The van der Waals surface area contributed by atoms with Crippen LogP contribution in [-0.2, 0) is 21.5 Å². The second-order valence-electron chi connectivity index (χ2n) is 6.80. The van der Waals surface area contributed by atoms with Crippen molar-refractivity contribution in [2.75, 3.05) is 13.1 Å². The Kier molecular flexibility index (Phi) is 5.58. The number of halogens is 3. The normalized spacial score (nSPS) is 18.7. The van der Waals surface area contributed by atoms with Gasteiger partial charge in [0.25, 0.3) is 5.91 Å². The number of nitrogens with zero attached hydrogens (tertiary/aromatic N) is 1. The molecule has 0 unspecified atom stereocenters. The van der Waals surface area contributed by atoms with Crippen molar-refractivity contribution in [3.8, 4) is 0 Å². The van der Waals surface area contributed by atoms with Crippen LogP contribution in [0.4, 0.5) is 18.0 Å². The van der Waals surface area contributed by atoms with Crippen molar-refractivity contribution in [3.63, 3.8) is 0 Å². The molecule has 0 aliphatic carbocycles. The van der Waals surface area contributed by atoms with Gasteiger partial charge in [0, 0.05) is 12.1 Å². The second-order valence-corrected chi connectivity index (χ2v) is 6.80. The quantitative estimate of drug-likeness (QED) is 0.724. The molecule has 29 heavy (non-hydrogen) atoms. The zero-order valence-corrected chi connectivity index (χ0v) is 15.5. The molecule has 0 radical (unpaired) electrons. The first-order valence-electron chi connectivity index (χ1n) is 8.81. The van der Waals surface area contributed by atoms with Gasteiger partial charge in [-0.25, -0.2) is 18.0 Å². The van der Waals surface area contributed by atoms with Crippen LogP contribution in [0.3, 0.4) is 0 Å². The predicted octanol–water partition coefficient (Wildman–Crippen LogP) is 2.23. The number of carbonyl (C=O) groups excluding carboxylic acids is 3. The van der Waals surface area contributed by atoms with E-state index in [0.29, 0.717) is 11.3 Å². The molecule has 9 heteroatoms. The molecule has 0 bridgehead atoms. The number of amides is 4. The summed E-state index contributed by atoms with van der Waals surface area (Å²) in [5, 5.41) is 4.88. The fraction of sp³-hybridized carbons (Fsp3) is 0.250. The number of benzene rings is 2.